The van der Waals surface area contributed by atoms with Gasteiger partial charge in [0.25, 0.3) is 5.56 Å². The molecule has 10 heteroatoms. The number of para-hydroxylation sites is 1. The highest BCUT2D eigenvalue weighted by Crippen LogP contribution is 2.34. The zero-order valence-corrected chi connectivity index (χ0v) is 20.3. The number of rotatable bonds is 6. The molecule has 1 aromatic heterocycles. The number of benzene rings is 3. The molecule has 36 heavy (non-hydrogen) atoms. The molecule has 6 nitrogen and oxygen atoms in total. The van der Waals surface area contributed by atoms with E-state index in [-0.39, 0.29) is 23.4 Å². The number of hydrogen-bond donors (Lipinski definition) is 0. The second kappa shape index (κ2) is 10.3. The Labute approximate surface area is 212 Å². The number of ether oxygens (including phenoxy) is 2. The monoisotopic (exact) mass is 555 g/mol. The molecule has 0 aliphatic carbocycles. The molecule has 0 saturated heterocycles. The lowest BCUT2D eigenvalue weighted by atomic mass is 10.1. The van der Waals surface area contributed by atoms with Gasteiger partial charge in [-0.05, 0) is 52.3 Å². The third-order valence-corrected chi connectivity index (χ3v) is 5.79. The molecule has 0 amide bonds. The first-order valence-corrected chi connectivity index (χ1v) is 11.2. The summed E-state index contributed by atoms with van der Waals surface area (Å²) >= 11 is 3.42. The van der Waals surface area contributed by atoms with Gasteiger partial charge in [-0.25, -0.2) is 4.98 Å². The molecule has 0 atom stereocenters. The molecule has 4 rings (SSSR count). The largest absolute Gasteiger partial charge is 0.493 e. The van der Waals surface area contributed by atoms with E-state index in [4.69, 9.17) is 15.9 Å². The second-order valence-electron chi connectivity index (χ2n) is 7.41. The van der Waals surface area contributed by atoms with E-state index in [0.717, 1.165) is 16.8 Å². The summed E-state index contributed by atoms with van der Waals surface area (Å²) in [6, 6.07) is 14.4. The Morgan fingerprint density at radius 3 is 2.64 bits per heavy atom. The Morgan fingerprint density at radius 2 is 1.92 bits per heavy atom. The summed E-state index contributed by atoms with van der Waals surface area (Å²) in [4.78, 5) is 17.8. The van der Waals surface area contributed by atoms with Crippen LogP contribution in [0.4, 0.5) is 13.2 Å². The molecule has 1 heterocycles. The predicted molar refractivity (Wildman–Crippen MR) is 134 cm³/mol. The smallest absolute Gasteiger partial charge is 0.416 e. The van der Waals surface area contributed by atoms with Gasteiger partial charge in [-0.15, -0.1) is 6.42 Å². The average Bonchev–Trinajstić information content (AvgIpc) is 2.87. The van der Waals surface area contributed by atoms with Crippen LogP contribution in [-0.4, -0.2) is 29.6 Å². The first-order chi connectivity index (χ1) is 17.2. The Bertz CT molecular complexity index is 1570. The Morgan fingerprint density at radius 1 is 1.14 bits per heavy atom. The quantitative estimate of drug-likeness (QED) is 0.224. The van der Waals surface area contributed by atoms with Crippen molar-refractivity contribution in [2.75, 3.05) is 13.7 Å². The first-order valence-electron chi connectivity index (χ1n) is 10.4. The van der Waals surface area contributed by atoms with Crippen molar-refractivity contribution in [2.45, 2.75) is 6.18 Å². The third-order valence-electron chi connectivity index (χ3n) is 5.11. The van der Waals surface area contributed by atoms with Crippen molar-refractivity contribution >= 4 is 33.0 Å². The topological polar surface area (TPSA) is 65.7 Å². The Balaban J connectivity index is 1.88. The maximum absolute atomic E-state index is 13.4. The zero-order chi connectivity index (χ0) is 25.9. The van der Waals surface area contributed by atoms with Gasteiger partial charge >= 0.3 is 6.18 Å². The molecule has 0 aliphatic heterocycles. The minimum absolute atomic E-state index is 0.0364. The second-order valence-corrected chi connectivity index (χ2v) is 8.26. The van der Waals surface area contributed by atoms with Crippen LogP contribution in [0.1, 0.15) is 11.1 Å². The van der Waals surface area contributed by atoms with Crippen LogP contribution in [0.15, 0.2) is 75.0 Å². The minimum Gasteiger partial charge on any atom is -0.493 e. The van der Waals surface area contributed by atoms with Crippen molar-refractivity contribution in [1.29, 1.82) is 0 Å². The van der Waals surface area contributed by atoms with Gasteiger partial charge in [-0.2, -0.15) is 22.9 Å². The maximum Gasteiger partial charge on any atom is 0.416 e. The first kappa shape index (κ1) is 25.0. The lowest BCUT2D eigenvalue weighted by Crippen LogP contribution is -2.20. The van der Waals surface area contributed by atoms with Crippen LogP contribution >= 0.6 is 15.9 Å². The molecular weight excluding hydrogens is 539 g/mol. The summed E-state index contributed by atoms with van der Waals surface area (Å²) in [6.45, 7) is 0.0364. The summed E-state index contributed by atoms with van der Waals surface area (Å²) in [6.07, 6.45) is 2.05. The van der Waals surface area contributed by atoms with Crippen LogP contribution < -0.4 is 15.0 Å². The van der Waals surface area contributed by atoms with Crippen molar-refractivity contribution in [3.05, 3.63) is 86.6 Å². The fourth-order valence-electron chi connectivity index (χ4n) is 3.41. The highest BCUT2D eigenvalue weighted by molar-refractivity contribution is 9.10. The van der Waals surface area contributed by atoms with Crippen molar-refractivity contribution in [3.8, 4) is 35.2 Å². The average molecular weight is 556 g/mol. The minimum atomic E-state index is -4.56. The number of alkyl halides is 3. The van der Waals surface area contributed by atoms with E-state index in [0.29, 0.717) is 27.1 Å². The fraction of sp³-hybridized carbons (Fsp3) is 0.115. The zero-order valence-electron chi connectivity index (χ0n) is 18.7. The number of terminal acetylenes is 1. The fourth-order valence-corrected chi connectivity index (χ4v) is 3.84. The molecular formula is C26H17BrF3N3O3. The van der Waals surface area contributed by atoms with Crippen molar-refractivity contribution in [1.82, 2.24) is 9.66 Å². The summed E-state index contributed by atoms with van der Waals surface area (Å²) in [7, 11) is 1.45. The van der Waals surface area contributed by atoms with Gasteiger partial charge < -0.3 is 9.47 Å². The van der Waals surface area contributed by atoms with Gasteiger partial charge in [0.2, 0.25) is 0 Å². The number of aromatic nitrogens is 2. The lowest BCUT2D eigenvalue weighted by Gasteiger charge is -2.13. The van der Waals surface area contributed by atoms with Gasteiger partial charge in [0, 0.05) is 15.6 Å². The van der Waals surface area contributed by atoms with Gasteiger partial charge in [-0.3, -0.25) is 4.79 Å². The number of hydrogen-bond acceptors (Lipinski definition) is 5. The summed E-state index contributed by atoms with van der Waals surface area (Å²) in [5.41, 5.74) is -0.483. The van der Waals surface area contributed by atoms with Crippen LogP contribution in [0.5, 0.6) is 11.5 Å². The van der Waals surface area contributed by atoms with E-state index in [1.54, 1.807) is 36.4 Å². The number of methoxy groups -OCH3 is 1. The van der Waals surface area contributed by atoms with Crippen LogP contribution in [0.2, 0.25) is 0 Å². The normalized spacial score (nSPS) is 11.6. The Hall–Kier alpha value is -4.10. The van der Waals surface area contributed by atoms with E-state index in [2.05, 4.69) is 31.9 Å². The van der Waals surface area contributed by atoms with Gasteiger partial charge in [0.1, 0.15) is 6.61 Å². The van der Waals surface area contributed by atoms with E-state index < -0.39 is 17.3 Å². The predicted octanol–water partition coefficient (Wildman–Crippen LogP) is 5.75. The molecule has 0 bridgehead atoms. The molecule has 182 valence electrons. The van der Waals surface area contributed by atoms with E-state index in [1.807, 2.05) is 0 Å². The Kier molecular flexibility index (Phi) is 7.12. The lowest BCUT2D eigenvalue weighted by molar-refractivity contribution is -0.137. The number of nitrogens with zero attached hydrogens (tertiary/aromatic N) is 3. The highest BCUT2D eigenvalue weighted by atomic mass is 79.9. The summed E-state index contributed by atoms with van der Waals surface area (Å²) in [5, 5.41) is 4.56. The highest BCUT2D eigenvalue weighted by Gasteiger charge is 2.31. The summed E-state index contributed by atoms with van der Waals surface area (Å²) < 4.78 is 52.4. The molecule has 0 spiro atoms. The molecule has 0 N–H and O–H groups in total. The van der Waals surface area contributed by atoms with Gasteiger partial charge in [0.15, 0.2) is 17.3 Å². The van der Waals surface area contributed by atoms with E-state index in [9.17, 15) is 18.0 Å². The molecule has 0 aliphatic rings. The molecule has 0 fully saturated rings. The molecule has 4 aromatic rings. The van der Waals surface area contributed by atoms with Crippen molar-refractivity contribution in [3.63, 3.8) is 0 Å². The van der Waals surface area contributed by atoms with Crippen LogP contribution in [0.25, 0.3) is 22.3 Å². The van der Waals surface area contributed by atoms with Gasteiger partial charge in [-0.1, -0.05) is 30.2 Å². The summed E-state index contributed by atoms with van der Waals surface area (Å²) in [5.74, 6) is 3.09. The van der Waals surface area contributed by atoms with Crippen LogP contribution in [0, 0.1) is 12.3 Å². The van der Waals surface area contributed by atoms with Crippen molar-refractivity contribution < 1.29 is 22.6 Å². The standard InChI is InChI=1S/C26H17BrF3N3O3/c1-3-11-36-23-14-20(27)17(13-22(23)35-2)15-31-33-24(16-7-6-8-18(12-16)26(28,29)30)32-21-10-5-4-9-19(21)25(33)34/h1,4-10,12-15H,11H2,2H3. The molecule has 0 saturated carbocycles. The number of fused-ring (bicyclic) bond motifs is 1. The molecule has 0 radical (unpaired) electrons. The van der Waals surface area contributed by atoms with E-state index >= 15 is 0 Å². The van der Waals surface area contributed by atoms with Crippen molar-refractivity contribution in [2.24, 2.45) is 5.10 Å². The molecule has 0 unspecified atom stereocenters. The maximum atomic E-state index is 13.4. The van der Waals surface area contributed by atoms with Crippen LogP contribution in [-0.2, 0) is 6.18 Å². The van der Waals surface area contributed by atoms with Gasteiger partial charge in [0.05, 0.1) is 29.8 Å². The third kappa shape index (κ3) is 5.11. The van der Waals surface area contributed by atoms with E-state index in [1.165, 1.54) is 25.5 Å². The number of halogens is 4. The SMILES string of the molecule is C#CCOc1cc(Br)c(C=Nn2c(-c3cccc(C(F)(F)F)c3)nc3ccccc3c2=O)cc1OC. The van der Waals surface area contributed by atoms with Crippen LogP contribution in [0.3, 0.4) is 0 Å². The molecule has 3 aromatic carbocycles.